The number of ether oxygens (including phenoxy) is 1. The number of likely N-dealkylation sites (tertiary alicyclic amines) is 1. The van der Waals surface area contributed by atoms with Gasteiger partial charge in [0.1, 0.15) is 5.75 Å². The number of phenolic OH excluding ortho intramolecular Hbond substituents is 1. The van der Waals surface area contributed by atoms with Gasteiger partial charge in [-0.05, 0) is 80.3 Å². The maximum Gasteiger partial charge on any atom is 0.254 e. The zero-order chi connectivity index (χ0) is 25.3. The van der Waals surface area contributed by atoms with Crippen molar-refractivity contribution in [2.75, 3.05) is 33.3 Å². The van der Waals surface area contributed by atoms with Crippen LogP contribution in [0.1, 0.15) is 61.9 Å². The molecule has 5 rings (SSSR count). The predicted molar refractivity (Wildman–Crippen MR) is 143 cm³/mol. The second-order valence-electron chi connectivity index (χ2n) is 11.9. The molecule has 36 heavy (non-hydrogen) atoms. The van der Waals surface area contributed by atoms with Gasteiger partial charge in [0.15, 0.2) is 0 Å². The summed E-state index contributed by atoms with van der Waals surface area (Å²) in [4.78, 5) is 18.6. The lowest BCUT2D eigenvalue weighted by atomic mass is 9.56. The molecule has 5 nitrogen and oxygen atoms in total. The number of fused-ring (bicyclic) bond motifs is 1. The fraction of sp³-hybridized carbons (Fsp3) is 0.581. The Balaban J connectivity index is 1.51. The summed E-state index contributed by atoms with van der Waals surface area (Å²) in [5.41, 5.74) is 1.82. The van der Waals surface area contributed by atoms with E-state index < -0.39 is 0 Å². The lowest BCUT2D eigenvalue weighted by molar-refractivity contribution is -0.0824. The number of methoxy groups -OCH3 is 1. The molecule has 0 radical (unpaired) electrons. The highest BCUT2D eigenvalue weighted by atomic mass is 16.5. The van der Waals surface area contributed by atoms with Crippen LogP contribution in [0.4, 0.5) is 0 Å². The number of amides is 1. The van der Waals surface area contributed by atoms with E-state index in [1.807, 2.05) is 49.6 Å². The molecular formula is C31H42N2O3. The second-order valence-corrected chi connectivity index (χ2v) is 11.9. The van der Waals surface area contributed by atoms with Crippen LogP contribution in [-0.4, -0.2) is 66.2 Å². The summed E-state index contributed by atoms with van der Waals surface area (Å²) in [5.74, 6) is 1.99. The van der Waals surface area contributed by atoms with Gasteiger partial charge >= 0.3 is 0 Å². The van der Waals surface area contributed by atoms with E-state index in [2.05, 4.69) is 29.7 Å². The van der Waals surface area contributed by atoms with Crippen LogP contribution in [0, 0.1) is 17.8 Å². The van der Waals surface area contributed by atoms with Gasteiger partial charge in [-0.25, -0.2) is 0 Å². The third kappa shape index (κ3) is 5.19. The number of hydrogen-bond acceptors (Lipinski definition) is 4. The first-order valence-electron chi connectivity index (χ1n) is 13.8. The molecule has 2 aliphatic carbocycles. The summed E-state index contributed by atoms with van der Waals surface area (Å²) < 4.78 is 6.25. The van der Waals surface area contributed by atoms with Crippen LogP contribution >= 0.6 is 0 Å². The molecule has 4 atom stereocenters. The highest BCUT2D eigenvalue weighted by Crippen LogP contribution is 2.52. The van der Waals surface area contributed by atoms with E-state index in [4.69, 9.17) is 4.74 Å². The average molecular weight is 491 g/mol. The van der Waals surface area contributed by atoms with Crippen molar-refractivity contribution in [1.29, 1.82) is 0 Å². The van der Waals surface area contributed by atoms with Gasteiger partial charge in [0.2, 0.25) is 0 Å². The van der Waals surface area contributed by atoms with Crippen molar-refractivity contribution in [3.63, 3.8) is 0 Å². The predicted octanol–water partition coefficient (Wildman–Crippen LogP) is 5.34. The molecule has 0 spiro atoms. The Morgan fingerprint density at radius 1 is 1.17 bits per heavy atom. The van der Waals surface area contributed by atoms with E-state index >= 15 is 0 Å². The molecule has 3 fully saturated rings. The molecular weight excluding hydrogens is 448 g/mol. The van der Waals surface area contributed by atoms with Gasteiger partial charge in [-0.3, -0.25) is 4.79 Å². The van der Waals surface area contributed by atoms with E-state index in [1.165, 1.54) is 24.9 Å². The molecule has 1 saturated heterocycles. The van der Waals surface area contributed by atoms with Gasteiger partial charge in [-0.1, -0.05) is 44.2 Å². The number of hydrogen-bond donors (Lipinski definition) is 1. The first-order chi connectivity index (χ1) is 17.4. The Kier molecular flexibility index (Phi) is 7.41. The van der Waals surface area contributed by atoms with Gasteiger partial charge in [0.25, 0.3) is 5.91 Å². The fourth-order valence-electron chi connectivity index (χ4n) is 6.91. The number of aromatic hydroxyl groups is 1. The lowest BCUT2D eigenvalue weighted by Gasteiger charge is -2.57. The standard InChI is InChI=1S/C31H42N2O3/c1-22(2)19-33(30(35)24-8-5-4-6-9-24)26-17-29(36-3)28-21-32(20-23-12-13-23)15-14-31(28,18-26)25-10-7-11-27(34)16-25/h4-11,16,22-23,26,28-29,34H,12-15,17-21H2,1-3H3/t26-,28-,29?,31-/m0/s1. The molecule has 1 unspecified atom stereocenters. The second kappa shape index (κ2) is 10.5. The summed E-state index contributed by atoms with van der Waals surface area (Å²) in [7, 11) is 1.84. The van der Waals surface area contributed by atoms with Crippen LogP contribution < -0.4 is 0 Å². The summed E-state index contributed by atoms with van der Waals surface area (Å²) >= 11 is 0. The van der Waals surface area contributed by atoms with Crippen molar-refractivity contribution in [2.45, 2.75) is 63.5 Å². The number of nitrogens with zero attached hydrogens (tertiary/aromatic N) is 2. The summed E-state index contributed by atoms with van der Waals surface area (Å²) in [6, 6.07) is 17.7. The molecule has 2 aromatic rings. The van der Waals surface area contributed by atoms with Crippen LogP contribution in [0.5, 0.6) is 5.75 Å². The topological polar surface area (TPSA) is 53.0 Å². The monoisotopic (exact) mass is 490 g/mol. The molecule has 2 saturated carbocycles. The minimum absolute atomic E-state index is 0.0614. The molecule has 0 bridgehead atoms. The lowest BCUT2D eigenvalue weighted by Crippen LogP contribution is -2.62. The van der Waals surface area contributed by atoms with E-state index in [0.29, 0.717) is 17.6 Å². The molecule has 1 aliphatic heterocycles. The van der Waals surface area contributed by atoms with E-state index in [0.717, 1.165) is 50.4 Å². The summed E-state index contributed by atoms with van der Waals surface area (Å²) in [6.07, 6.45) is 5.57. The van der Waals surface area contributed by atoms with Crippen LogP contribution in [0.2, 0.25) is 0 Å². The van der Waals surface area contributed by atoms with Crippen molar-refractivity contribution < 1.29 is 14.6 Å². The molecule has 0 aromatic heterocycles. The van der Waals surface area contributed by atoms with Crippen molar-refractivity contribution in [1.82, 2.24) is 9.80 Å². The summed E-state index contributed by atoms with van der Waals surface area (Å²) in [6.45, 7) is 8.37. The number of rotatable bonds is 8. The van der Waals surface area contributed by atoms with Gasteiger partial charge in [0.05, 0.1) is 6.10 Å². The number of phenols is 1. The SMILES string of the molecule is COC1C[C@H](N(CC(C)C)C(=O)c2ccccc2)C[C@]2(c3cccc(O)c3)CCN(CC3CC3)C[C@@H]12. The average Bonchev–Trinajstić information content (AvgIpc) is 3.71. The van der Waals surface area contributed by atoms with Gasteiger partial charge in [-0.2, -0.15) is 0 Å². The maximum absolute atomic E-state index is 13.8. The number of piperidine rings is 1. The Labute approximate surface area is 216 Å². The van der Waals surface area contributed by atoms with Gasteiger partial charge < -0.3 is 19.6 Å². The molecule has 1 heterocycles. The van der Waals surface area contributed by atoms with Crippen molar-refractivity contribution in [3.8, 4) is 5.75 Å². The number of carbonyl (C=O) groups excluding carboxylic acids is 1. The largest absolute Gasteiger partial charge is 0.508 e. The van der Waals surface area contributed by atoms with Crippen molar-refractivity contribution in [2.24, 2.45) is 17.8 Å². The first-order valence-corrected chi connectivity index (χ1v) is 13.8. The van der Waals surface area contributed by atoms with Crippen molar-refractivity contribution >= 4 is 5.91 Å². The van der Waals surface area contributed by atoms with E-state index in [-0.39, 0.29) is 23.5 Å². The quantitative estimate of drug-likeness (QED) is 0.543. The van der Waals surface area contributed by atoms with Crippen LogP contribution in [-0.2, 0) is 10.2 Å². The maximum atomic E-state index is 13.8. The van der Waals surface area contributed by atoms with E-state index in [1.54, 1.807) is 6.07 Å². The van der Waals surface area contributed by atoms with Crippen molar-refractivity contribution in [3.05, 3.63) is 65.7 Å². The van der Waals surface area contributed by atoms with Gasteiger partial charge in [0, 0.05) is 49.7 Å². The minimum Gasteiger partial charge on any atom is -0.508 e. The molecule has 5 heteroatoms. The highest BCUT2D eigenvalue weighted by Gasteiger charge is 2.54. The van der Waals surface area contributed by atoms with E-state index in [9.17, 15) is 9.90 Å². The molecule has 194 valence electrons. The highest BCUT2D eigenvalue weighted by molar-refractivity contribution is 5.94. The summed E-state index contributed by atoms with van der Waals surface area (Å²) in [5, 5.41) is 10.5. The zero-order valence-corrected chi connectivity index (χ0v) is 22.1. The molecule has 2 aromatic carbocycles. The fourth-order valence-corrected chi connectivity index (χ4v) is 6.91. The molecule has 1 amide bonds. The third-order valence-electron chi connectivity index (χ3n) is 8.81. The third-order valence-corrected chi connectivity index (χ3v) is 8.81. The van der Waals surface area contributed by atoms with Gasteiger partial charge in [-0.15, -0.1) is 0 Å². The smallest absolute Gasteiger partial charge is 0.254 e. The van der Waals surface area contributed by atoms with Crippen LogP contribution in [0.15, 0.2) is 54.6 Å². The Morgan fingerprint density at radius 3 is 2.61 bits per heavy atom. The molecule has 3 aliphatic rings. The number of carbonyl (C=O) groups is 1. The Hall–Kier alpha value is -2.37. The zero-order valence-electron chi connectivity index (χ0n) is 22.1. The molecule has 1 N–H and O–H groups in total. The first kappa shape index (κ1) is 25.3. The normalized spacial score (nSPS) is 28.6. The Morgan fingerprint density at radius 2 is 1.94 bits per heavy atom. The minimum atomic E-state index is -0.130. The number of benzene rings is 2. The van der Waals surface area contributed by atoms with Crippen LogP contribution in [0.25, 0.3) is 0 Å². The van der Waals surface area contributed by atoms with Crippen LogP contribution in [0.3, 0.4) is 0 Å². The Bertz CT molecular complexity index is 1040.